The number of aliphatic carboxylic acids is 1. The van der Waals surface area contributed by atoms with Gasteiger partial charge in [-0.2, -0.15) is 13.2 Å². The lowest BCUT2D eigenvalue weighted by Gasteiger charge is -2.25. The van der Waals surface area contributed by atoms with E-state index in [1.54, 1.807) is 13.8 Å². The van der Waals surface area contributed by atoms with E-state index in [1.165, 1.54) is 29.2 Å². The van der Waals surface area contributed by atoms with Crippen LogP contribution in [-0.4, -0.2) is 39.5 Å². The van der Waals surface area contributed by atoms with E-state index in [0.717, 1.165) is 12.1 Å². The van der Waals surface area contributed by atoms with Gasteiger partial charge in [0, 0.05) is 23.9 Å². The fourth-order valence-corrected chi connectivity index (χ4v) is 2.20. The van der Waals surface area contributed by atoms with Crippen LogP contribution in [0, 0.1) is 0 Å². The fourth-order valence-electron chi connectivity index (χ4n) is 2.20. The molecule has 9 heteroatoms. The van der Waals surface area contributed by atoms with Gasteiger partial charge >= 0.3 is 12.1 Å². The Morgan fingerprint density at radius 2 is 1.78 bits per heavy atom. The van der Waals surface area contributed by atoms with Crippen LogP contribution in [0.4, 0.5) is 13.2 Å². The quantitative estimate of drug-likeness (QED) is 0.821. The van der Waals surface area contributed by atoms with Crippen molar-refractivity contribution >= 4 is 11.9 Å². The maximum absolute atomic E-state index is 12.5. The third-order valence-electron chi connectivity index (χ3n) is 3.58. The molecule has 0 spiro atoms. The number of amides is 1. The first kappa shape index (κ1) is 20.2. The molecule has 0 saturated carbocycles. The number of halogens is 3. The zero-order valence-electron chi connectivity index (χ0n) is 14.5. The van der Waals surface area contributed by atoms with E-state index in [2.05, 4.69) is 4.98 Å². The molecule has 1 N–H and O–H groups in total. The van der Waals surface area contributed by atoms with Crippen LogP contribution < -0.4 is 4.74 Å². The van der Waals surface area contributed by atoms with E-state index in [9.17, 15) is 22.8 Å². The van der Waals surface area contributed by atoms with E-state index in [1.807, 2.05) is 0 Å². The van der Waals surface area contributed by atoms with Crippen LogP contribution in [0.15, 0.2) is 42.6 Å². The maximum Gasteiger partial charge on any atom is 0.417 e. The summed E-state index contributed by atoms with van der Waals surface area (Å²) in [7, 11) is 0. The highest BCUT2D eigenvalue weighted by atomic mass is 19.4. The normalized spacial score (nSPS) is 11.3. The smallest absolute Gasteiger partial charge is 0.417 e. The predicted octanol–water partition coefficient (Wildman–Crippen LogP) is 3.83. The number of alkyl halides is 3. The molecule has 1 heterocycles. The van der Waals surface area contributed by atoms with Crippen LogP contribution in [-0.2, 0) is 11.0 Å². The van der Waals surface area contributed by atoms with Crippen LogP contribution in [0.3, 0.4) is 0 Å². The number of aromatic nitrogens is 1. The number of carboxylic acid groups (broad SMARTS) is 1. The first-order valence-electron chi connectivity index (χ1n) is 7.92. The molecule has 0 unspecified atom stereocenters. The second-order valence-corrected chi connectivity index (χ2v) is 5.93. The molecule has 0 atom stereocenters. The highest BCUT2D eigenvalue weighted by Gasteiger charge is 2.30. The molecule has 2 aromatic rings. The van der Waals surface area contributed by atoms with Gasteiger partial charge in [0.15, 0.2) is 0 Å². The molecular formula is C18H17F3N2O4. The van der Waals surface area contributed by atoms with Gasteiger partial charge in [-0.15, -0.1) is 0 Å². The summed E-state index contributed by atoms with van der Waals surface area (Å²) in [6, 6.07) is 7.43. The SMILES string of the molecule is CC(C)N(CC(=O)O)C(=O)c1ccc(Oc2ccc(C(F)(F)F)cn2)cc1. The molecule has 0 bridgehead atoms. The summed E-state index contributed by atoms with van der Waals surface area (Å²) in [5.41, 5.74) is -0.624. The molecule has 144 valence electrons. The lowest BCUT2D eigenvalue weighted by molar-refractivity contribution is -0.138. The number of carbonyl (C=O) groups is 2. The first-order chi connectivity index (χ1) is 12.6. The van der Waals surface area contributed by atoms with Crippen LogP contribution >= 0.6 is 0 Å². The molecule has 0 aliphatic rings. The van der Waals surface area contributed by atoms with Crippen molar-refractivity contribution < 1.29 is 32.6 Å². The number of pyridine rings is 1. The lowest BCUT2D eigenvalue weighted by Crippen LogP contribution is -2.40. The summed E-state index contributed by atoms with van der Waals surface area (Å²) in [6.45, 7) is 2.98. The van der Waals surface area contributed by atoms with Gasteiger partial charge in [0.1, 0.15) is 12.3 Å². The monoisotopic (exact) mass is 382 g/mol. The standard InChI is InChI=1S/C18H17F3N2O4/c1-11(2)23(10-16(24)25)17(26)12-3-6-14(7-4-12)27-15-8-5-13(9-22-15)18(19,20)21/h3-9,11H,10H2,1-2H3,(H,24,25). The number of hydrogen-bond donors (Lipinski definition) is 1. The summed E-state index contributed by atoms with van der Waals surface area (Å²) in [5, 5.41) is 8.92. The highest BCUT2D eigenvalue weighted by Crippen LogP contribution is 2.30. The van der Waals surface area contributed by atoms with E-state index < -0.39 is 30.2 Å². The third-order valence-corrected chi connectivity index (χ3v) is 3.58. The number of carbonyl (C=O) groups excluding carboxylic acids is 1. The van der Waals surface area contributed by atoms with E-state index >= 15 is 0 Å². The average Bonchev–Trinajstić information content (AvgIpc) is 2.59. The molecule has 0 radical (unpaired) electrons. The molecule has 1 amide bonds. The van der Waals surface area contributed by atoms with Gasteiger partial charge in [-0.3, -0.25) is 9.59 Å². The number of hydrogen-bond acceptors (Lipinski definition) is 4. The molecule has 1 aromatic carbocycles. The number of carboxylic acids is 1. The molecular weight excluding hydrogens is 365 g/mol. The molecule has 27 heavy (non-hydrogen) atoms. The lowest BCUT2D eigenvalue weighted by atomic mass is 10.1. The second-order valence-electron chi connectivity index (χ2n) is 5.93. The van der Waals surface area contributed by atoms with Gasteiger partial charge in [-0.1, -0.05) is 0 Å². The Bertz CT molecular complexity index is 803. The Morgan fingerprint density at radius 1 is 1.15 bits per heavy atom. The Labute approximate surface area is 153 Å². The zero-order chi connectivity index (χ0) is 20.2. The topological polar surface area (TPSA) is 79.7 Å². The molecule has 0 saturated heterocycles. The molecule has 1 aromatic heterocycles. The summed E-state index contributed by atoms with van der Waals surface area (Å²) in [5.74, 6) is -1.33. The van der Waals surface area contributed by atoms with Gasteiger partial charge in [0.25, 0.3) is 5.91 Å². The predicted molar refractivity (Wildman–Crippen MR) is 89.6 cm³/mol. The summed E-state index contributed by atoms with van der Waals surface area (Å²) >= 11 is 0. The molecule has 2 rings (SSSR count). The van der Waals surface area contributed by atoms with Crippen molar-refractivity contribution in [1.82, 2.24) is 9.88 Å². The van der Waals surface area contributed by atoms with Crippen LogP contribution in [0.5, 0.6) is 11.6 Å². The van der Waals surface area contributed by atoms with Crippen LogP contribution in [0.2, 0.25) is 0 Å². The Hall–Kier alpha value is -3.10. The molecule has 0 aliphatic heterocycles. The summed E-state index contributed by atoms with van der Waals surface area (Å²) < 4.78 is 42.9. The summed E-state index contributed by atoms with van der Waals surface area (Å²) in [4.78, 5) is 28.1. The van der Waals surface area contributed by atoms with Crippen LogP contribution in [0.1, 0.15) is 29.8 Å². The maximum atomic E-state index is 12.5. The zero-order valence-corrected chi connectivity index (χ0v) is 14.5. The number of ether oxygens (including phenoxy) is 1. The minimum absolute atomic E-state index is 0.0308. The minimum atomic E-state index is -4.48. The van der Waals surface area contributed by atoms with Crippen molar-refractivity contribution in [2.75, 3.05) is 6.54 Å². The van der Waals surface area contributed by atoms with Gasteiger partial charge in [-0.05, 0) is 44.2 Å². The van der Waals surface area contributed by atoms with Crippen molar-refractivity contribution in [1.29, 1.82) is 0 Å². The third kappa shape index (κ3) is 5.44. The number of nitrogens with zero attached hydrogens (tertiary/aromatic N) is 2. The molecule has 0 aliphatic carbocycles. The van der Waals surface area contributed by atoms with Crippen molar-refractivity contribution in [3.63, 3.8) is 0 Å². The van der Waals surface area contributed by atoms with Crippen molar-refractivity contribution in [2.24, 2.45) is 0 Å². The van der Waals surface area contributed by atoms with Crippen molar-refractivity contribution in [3.05, 3.63) is 53.7 Å². The Kier molecular flexibility index (Phi) is 6.04. The van der Waals surface area contributed by atoms with Gasteiger partial charge in [0.05, 0.1) is 5.56 Å². The Morgan fingerprint density at radius 3 is 2.22 bits per heavy atom. The Balaban J connectivity index is 2.10. The van der Waals surface area contributed by atoms with Gasteiger partial charge in [0.2, 0.25) is 5.88 Å². The summed E-state index contributed by atoms with van der Waals surface area (Å²) in [6.07, 6.45) is -3.81. The van der Waals surface area contributed by atoms with Gasteiger partial charge < -0.3 is 14.7 Å². The van der Waals surface area contributed by atoms with E-state index in [0.29, 0.717) is 6.20 Å². The largest absolute Gasteiger partial charge is 0.480 e. The first-order valence-corrected chi connectivity index (χ1v) is 7.92. The number of benzene rings is 1. The number of rotatable bonds is 6. The molecule has 0 fully saturated rings. The molecule has 6 nitrogen and oxygen atoms in total. The van der Waals surface area contributed by atoms with E-state index in [4.69, 9.17) is 9.84 Å². The van der Waals surface area contributed by atoms with E-state index in [-0.39, 0.29) is 23.2 Å². The average molecular weight is 382 g/mol. The fraction of sp³-hybridized carbons (Fsp3) is 0.278. The highest BCUT2D eigenvalue weighted by molar-refractivity contribution is 5.96. The minimum Gasteiger partial charge on any atom is -0.480 e. The van der Waals surface area contributed by atoms with Gasteiger partial charge in [-0.25, -0.2) is 4.98 Å². The second kappa shape index (κ2) is 8.07. The van der Waals surface area contributed by atoms with Crippen molar-refractivity contribution in [2.45, 2.75) is 26.1 Å². The van der Waals surface area contributed by atoms with Crippen molar-refractivity contribution in [3.8, 4) is 11.6 Å². The van der Waals surface area contributed by atoms with Crippen LogP contribution in [0.25, 0.3) is 0 Å².